The first-order valence-electron chi connectivity index (χ1n) is 13.7. The van der Waals surface area contributed by atoms with Gasteiger partial charge in [0.25, 0.3) is 11.8 Å². The Hall–Kier alpha value is -4.02. The molecule has 11 nitrogen and oxygen atoms in total. The highest BCUT2D eigenvalue weighted by atomic mass is 16.5. The van der Waals surface area contributed by atoms with Crippen molar-refractivity contribution >= 4 is 41.2 Å². The van der Waals surface area contributed by atoms with Crippen LogP contribution in [0.15, 0.2) is 36.4 Å². The zero-order chi connectivity index (χ0) is 29.2. The second-order valence-corrected chi connectivity index (χ2v) is 10.4. The number of carbonyl (C=O) groups excluding carboxylic acids is 6. The highest BCUT2D eigenvalue weighted by Gasteiger charge is 2.31. The average Bonchev–Trinajstić information content (AvgIpc) is 3.27. The molecule has 1 saturated carbocycles. The fourth-order valence-corrected chi connectivity index (χ4v) is 4.54. The predicted molar refractivity (Wildman–Crippen MR) is 146 cm³/mol. The summed E-state index contributed by atoms with van der Waals surface area (Å²) in [6.45, 7) is 5.54. The van der Waals surface area contributed by atoms with Crippen LogP contribution >= 0.6 is 0 Å². The summed E-state index contributed by atoms with van der Waals surface area (Å²) in [5.74, 6) is -2.22. The van der Waals surface area contributed by atoms with Gasteiger partial charge in [-0.2, -0.15) is 0 Å². The minimum atomic E-state index is -0.832. The first-order chi connectivity index (χ1) is 19.1. The Morgan fingerprint density at radius 1 is 0.975 bits per heavy atom. The van der Waals surface area contributed by atoms with E-state index in [0.717, 1.165) is 5.56 Å². The molecule has 3 rings (SSSR count). The third kappa shape index (κ3) is 8.75. The molecule has 1 aliphatic heterocycles. The van der Waals surface area contributed by atoms with Gasteiger partial charge in [-0.1, -0.05) is 26.0 Å². The van der Waals surface area contributed by atoms with Gasteiger partial charge in [-0.3, -0.25) is 33.7 Å². The van der Waals surface area contributed by atoms with Gasteiger partial charge in [-0.25, -0.2) is 0 Å². The largest absolute Gasteiger partial charge is 0.461 e. The molecule has 2 aliphatic rings. The van der Waals surface area contributed by atoms with Crippen LogP contribution in [-0.4, -0.2) is 59.5 Å². The molecule has 11 heteroatoms. The van der Waals surface area contributed by atoms with Crippen molar-refractivity contribution in [1.29, 1.82) is 0 Å². The fraction of sp³-hybridized carbons (Fsp3) is 0.517. The summed E-state index contributed by atoms with van der Waals surface area (Å²) < 4.78 is 5.27. The third-order valence-corrected chi connectivity index (χ3v) is 7.37. The van der Waals surface area contributed by atoms with Gasteiger partial charge in [0, 0.05) is 30.3 Å². The van der Waals surface area contributed by atoms with Gasteiger partial charge in [0.1, 0.15) is 12.6 Å². The second-order valence-electron chi connectivity index (χ2n) is 10.4. The van der Waals surface area contributed by atoms with Crippen molar-refractivity contribution in [3.8, 4) is 0 Å². The number of benzene rings is 1. The van der Waals surface area contributed by atoms with Gasteiger partial charge in [0.15, 0.2) is 0 Å². The smallest absolute Gasteiger partial charge is 0.308 e. The van der Waals surface area contributed by atoms with Crippen LogP contribution in [0.25, 0.3) is 0 Å². The Bertz CT molecular complexity index is 1120. The Labute approximate surface area is 234 Å². The van der Waals surface area contributed by atoms with Crippen molar-refractivity contribution in [2.75, 3.05) is 18.4 Å². The van der Waals surface area contributed by atoms with E-state index in [1.54, 1.807) is 31.2 Å². The molecule has 1 fully saturated rings. The number of esters is 1. The molecular formula is C29H38N4O7. The third-order valence-electron chi connectivity index (χ3n) is 7.37. The van der Waals surface area contributed by atoms with Crippen LogP contribution in [0.3, 0.4) is 0 Å². The van der Waals surface area contributed by atoms with E-state index in [2.05, 4.69) is 16.0 Å². The maximum absolute atomic E-state index is 12.6. The molecule has 0 saturated heterocycles. The Morgan fingerprint density at radius 2 is 1.60 bits per heavy atom. The summed E-state index contributed by atoms with van der Waals surface area (Å²) in [5.41, 5.74) is 1.32. The molecule has 40 heavy (non-hydrogen) atoms. The molecule has 1 aliphatic carbocycles. The van der Waals surface area contributed by atoms with E-state index in [9.17, 15) is 28.8 Å². The summed E-state index contributed by atoms with van der Waals surface area (Å²) in [6.07, 6.45) is 5.89. The zero-order valence-corrected chi connectivity index (χ0v) is 23.2. The van der Waals surface area contributed by atoms with Crippen LogP contribution in [0.4, 0.5) is 5.69 Å². The van der Waals surface area contributed by atoms with Gasteiger partial charge >= 0.3 is 5.97 Å². The number of amides is 5. The highest BCUT2D eigenvalue weighted by Crippen LogP contribution is 2.30. The summed E-state index contributed by atoms with van der Waals surface area (Å²) in [5, 5.41) is 7.93. The molecule has 1 unspecified atom stereocenters. The molecule has 0 radical (unpaired) electrons. The minimum Gasteiger partial charge on any atom is -0.461 e. The summed E-state index contributed by atoms with van der Waals surface area (Å²) in [6, 6.07) is 6.03. The molecule has 0 aromatic heterocycles. The van der Waals surface area contributed by atoms with E-state index in [0.29, 0.717) is 44.3 Å². The number of hydrogen-bond acceptors (Lipinski definition) is 7. The SMILES string of the molecule is CCC(C)C(=O)OCc1ccc(NC(=O)[C@H](C)NC(=O)CNC(=O)C2CCC(CN3C(=O)C=CC3=O)CC2)cc1. The Morgan fingerprint density at radius 3 is 2.20 bits per heavy atom. The number of carbonyl (C=O) groups is 6. The Kier molecular flexibility index (Phi) is 11.0. The van der Waals surface area contributed by atoms with E-state index < -0.39 is 17.9 Å². The number of nitrogens with zero attached hydrogens (tertiary/aromatic N) is 1. The first kappa shape index (κ1) is 30.5. The molecular weight excluding hydrogens is 516 g/mol. The van der Waals surface area contributed by atoms with E-state index >= 15 is 0 Å². The fourth-order valence-electron chi connectivity index (χ4n) is 4.54. The minimum absolute atomic E-state index is 0.148. The molecule has 3 N–H and O–H groups in total. The van der Waals surface area contributed by atoms with Crippen molar-refractivity contribution in [3.63, 3.8) is 0 Å². The quantitative estimate of drug-likeness (QED) is 0.264. The van der Waals surface area contributed by atoms with Crippen molar-refractivity contribution in [1.82, 2.24) is 15.5 Å². The molecule has 216 valence electrons. The number of rotatable bonds is 12. The average molecular weight is 555 g/mol. The van der Waals surface area contributed by atoms with Crippen molar-refractivity contribution in [3.05, 3.63) is 42.0 Å². The molecule has 1 aromatic rings. The predicted octanol–water partition coefficient (Wildman–Crippen LogP) is 2.07. The van der Waals surface area contributed by atoms with Crippen LogP contribution in [0, 0.1) is 17.8 Å². The Balaban J connectivity index is 1.33. The van der Waals surface area contributed by atoms with Gasteiger partial charge in [0.05, 0.1) is 12.5 Å². The zero-order valence-electron chi connectivity index (χ0n) is 23.2. The number of nitrogens with one attached hydrogen (secondary N) is 3. The first-order valence-corrected chi connectivity index (χ1v) is 13.7. The molecule has 1 heterocycles. The van der Waals surface area contributed by atoms with Gasteiger partial charge < -0.3 is 20.7 Å². The van der Waals surface area contributed by atoms with Gasteiger partial charge in [0.2, 0.25) is 17.7 Å². The van der Waals surface area contributed by atoms with Crippen LogP contribution in [0.1, 0.15) is 58.4 Å². The number of anilines is 1. The number of hydrogen-bond donors (Lipinski definition) is 3. The van der Waals surface area contributed by atoms with Gasteiger partial charge in [-0.05, 0) is 62.6 Å². The normalized spacial score (nSPS) is 20.0. The summed E-state index contributed by atoms with van der Waals surface area (Å²) >= 11 is 0. The number of ether oxygens (including phenoxy) is 1. The molecule has 0 bridgehead atoms. The topological polar surface area (TPSA) is 151 Å². The van der Waals surface area contributed by atoms with Crippen LogP contribution < -0.4 is 16.0 Å². The van der Waals surface area contributed by atoms with E-state index in [1.165, 1.54) is 17.1 Å². The monoisotopic (exact) mass is 554 g/mol. The van der Waals surface area contributed by atoms with E-state index in [1.807, 2.05) is 13.8 Å². The lowest BCUT2D eigenvalue weighted by atomic mass is 9.81. The number of imide groups is 1. The molecule has 2 atom stereocenters. The van der Waals surface area contributed by atoms with Crippen LogP contribution in [-0.2, 0) is 40.1 Å². The van der Waals surface area contributed by atoms with Gasteiger partial charge in [-0.15, -0.1) is 0 Å². The van der Waals surface area contributed by atoms with E-state index in [4.69, 9.17) is 4.74 Å². The van der Waals surface area contributed by atoms with E-state index in [-0.39, 0.29) is 54.6 Å². The van der Waals surface area contributed by atoms with Crippen LogP contribution in [0.5, 0.6) is 0 Å². The highest BCUT2D eigenvalue weighted by molar-refractivity contribution is 6.12. The maximum Gasteiger partial charge on any atom is 0.308 e. The lowest BCUT2D eigenvalue weighted by Gasteiger charge is -2.30. The lowest BCUT2D eigenvalue weighted by molar-refractivity contribution is -0.149. The lowest BCUT2D eigenvalue weighted by Crippen LogP contribution is -2.47. The molecule has 5 amide bonds. The van der Waals surface area contributed by atoms with Crippen molar-refractivity contribution < 1.29 is 33.5 Å². The maximum atomic E-state index is 12.6. The standard InChI is InChI=1S/C29H38N4O7/c1-4-18(2)29(39)40-17-21-7-11-23(12-8-21)32-27(37)19(3)31-24(34)15-30-28(38)22-9-5-20(6-10-22)16-33-25(35)13-14-26(33)36/h7-8,11-14,18-20,22H,4-6,9-10,15-17H2,1-3H3,(H,30,38)(H,31,34)(H,32,37)/t18?,19-,20?,22?/m0/s1. The van der Waals surface area contributed by atoms with Crippen molar-refractivity contribution in [2.45, 2.75) is 65.5 Å². The molecule has 1 aromatic carbocycles. The van der Waals surface area contributed by atoms with Crippen molar-refractivity contribution in [2.24, 2.45) is 17.8 Å². The molecule has 0 spiro atoms. The second kappa shape index (κ2) is 14.4. The summed E-state index contributed by atoms with van der Waals surface area (Å²) in [4.78, 5) is 73.9. The van der Waals surface area contributed by atoms with Crippen LogP contribution in [0.2, 0.25) is 0 Å². The summed E-state index contributed by atoms with van der Waals surface area (Å²) in [7, 11) is 0.